The minimum absolute atomic E-state index is 0.360. The molecule has 2 rings (SSSR count). The number of hydrogen-bond acceptors (Lipinski definition) is 4. The average Bonchev–Trinajstić information content (AvgIpc) is 2.41. The average molecular weight is 228 g/mol. The molecule has 0 aliphatic carbocycles. The number of likely N-dealkylation sites (tertiary alicyclic amines) is 1. The lowest BCUT2D eigenvalue weighted by Crippen LogP contribution is -2.65. The fourth-order valence-electron chi connectivity index (χ4n) is 1.78. The van der Waals surface area contributed by atoms with Crippen LogP contribution in [0.15, 0.2) is 0 Å². The summed E-state index contributed by atoms with van der Waals surface area (Å²) in [5.74, 6) is 0. The summed E-state index contributed by atoms with van der Waals surface area (Å²) in [5, 5.41) is 2.58. The van der Waals surface area contributed by atoms with Crippen LogP contribution in [0.25, 0.3) is 0 Å². The quantitative estimate of drug-likeness (QED) is 0.663. The van der Waals surface area contributed by atoms with E-state index in [2.05, 4.69) is 5.32 Å². The Hall–Kier alpha value is -1.46. The van der Waals surface area contributed by atoms with E-state index < -0.39 is 17.3 Å². The minimum atomic E-state index is -0.520. The number of carbonyl (C=O) groups excluding carboxylic acids is 2. The predicted molar refractivity (Wildman–Crippen MR) is 55.0 cm³/mol. The first-order valence-corrected chi connectivity index (χ1v) is 5.25. The third-order valence-electron chi connectivity index (χ3n) is 2.47. The molecule has 6 heteroatoms. The Kier molecular flexibility index (Phi) is 2.25. The van der Waals surface area contributed by atoms with E-state index in [9.17, 15) is 9.59 Å². The van der Waals surface area contributed by atoms with Gasteiger partial charge in [0.1, 0.15) is 5.60 Å². The van der Waals surface area contributed by atoms with Crippen LogP contribution < -0.4 is 5.32 Å². The molecule has 0 radical (unpaired) electrons. The Balaban J connectivity index is 1.84. The lowest BCUT2D eigenvalue weighted by molar-refractivity contribution is -0.0781. The van der Waals surface area contributed by atoms with Gasteiger partial charge in [-0.2, -0.15) is 0 Å². The summed E-state index contributed by atoms with van der Waals surface area (Å²) in [6.07, 6.45) is -0.773. The second-order valence-corrected chi connectivity index (χ2v) is 5.26. The van der Waals surface area contributed by atoms with Gasteiger partial charge in [-0.15, -0.1) is 0 Å². The number of rotatable bonds is 0. The first-order valence-electron chi connectivity index (χ1n) is 5.25. The smallest absolute Gasteiger partial charge is 0.410 e. The molecule has 0 aromatic heterocycles. The maximum atomic E-state index is 11.6. The normalized spacial score (nSPS) is 22.4. The molecule has 0 aromatic rings. The lowest BCUT2D eigenvalue weighted by Gasteiger charge is -2.45. The Morgan fingerprint density at radius 1 is 1.50 bits per heavy atom. The Labute approximate surface area is 93.9 Å². The Morgan fingerprint density at radius 3 is 2.56 bits per heavy atom. The highest BCUT2D eigenvalue weighted by Gasteiger charge is 2.53. The molecule has 2 heterocycles. The zero-order valence-corrected chi connectivity index (χ0v) is 9.70. The van der Waals surface area contributed by atoms with Crippen LogP contribution in [0.2, 0.25) is 0 Å². The SMILES string of the molecule is CC(C)(C)OC(=O)N1CC2(CNC(=O)O2)C1. The largest absolute Gasteiger partial charge is 0.444 e. The maximum Gasteiger partial charge on any atom is 0.410 e. The van der Waals surface area contributed by atoms with Crippen LogP contribution in [0.3, 0.4) is 0 Å². The number of alkyl carbamates (subject to hydrolysis) is 1. The van der Waals surface area contributed by atoms with Crippen molar-refractivity contribution in [2.45, 2.75) is 32.0 Å². The molecular formula is C10H16N2O4. The molecule has 0 unspecified atom stereocenters. The predicted octanol–water partition coefficient (Wildman–Crippen LogP) is 0.716. The third kappa shape index (κ3) is 2.05. The molecule has 2 saturated heterocycles. The molecule has 2 aliphatic rings. The molecule has 90 valence electrons. The minimum Gasteiger partial charge on any atom is -0.444 e. The van der Waals surface area contributed by atoms with Gasteiger partial charge in [-0.1, -0.05) is 0 Å². The van der Waals surface area contributed by atoms with Gasteiger partial charge in [0, 0.05) is 0 Å². The highest BCUT2D eigenvalue weighted by molar-refractivity contribution is 5.73. The molecule has 0 bridgehead atoms. The second-order valence-electron chi connectivity index (χ2n) is 5.26. The van der Waals surface area contributed by atoms with Gasteiger partial charge in [-0.05, 0) is 20.8 Å². The van der Waals surface area contributed by atoms with Gasteiger partial charge in [-0.3, -0.25) is 4.90 Å². The summed E-state index contributed by atoms with van der Waals surface area (Å²) >= 11 is 0. The topological polar surface area (TPSA) is 67.9 Å². The summed E-state index contributed by atoms with van der Waals surface area (Å²) in [7, 11) is 0. The van der Waals surface area contributed by atoms with Gasteiger partial charge in [0.05, 0.1) is 19.6 Å². The van der Waals surface area contributed by atoms with E-state index in [1.54, 1.807) is 0 Å². The number of ether oxygens (including phenoxy) is 2. The summed E-state index contributed by atoms with van der Waals surface area (Å²) in [5.41, 5.74) is -1.02. The van der Waals surface area contributed by atoms with Crippen molar-refractivity contribution < 1.29 is 19.1 Å². The van der Waals surface area contributed by atoms with Crippen LogP contribution in [-0.4, -0.2) is 47.9 Å². The molecule has 0 aromatic carbocycles. The standard InChI is InChI=1S/C10H16N2O4/c1-9(2,3)16-8(14)12-5-10(6-12)4-11-7(13)15-10/h4-6H2,1-3H3,(H,11,13). The molecule has 0 saturated carbocycles. The fraction of sp³-hybridized carbons (Fsp3) is 0.800. The lowest BCUT2D eigenvalue weighted by atomic mass is 9.95. The van der Waals surface area contributed by atoms with E-state index in [1.165, 1.54) is 4.90 Å². The molecule has 1 N–H and O–H groups in total. The van der Waals surface area contributed by atoms with Crippen LogP contribution in [0.4, 0.5) is 9.59 Å². The van der Waals surface area contributed by atoms with E-state index in [1.807, 2.05) is 20.8 Å². The molecule has 6 nitrogen and oxygen atoms in total. The van der Waals surface area contributed by atoms with Crippen molar-refractivity contribution in [2.24, 2.45) is 0 Å². The van der Waals surface area contributed by atoms with Gasteiger partial charge in [0.2, 0.25) is 0 Å². The first kappa shape index (κ1) is 11.0. The van der Waals surface area contributed by atoms with E-state index in [4.69, 9.17) is 9.47 Å². The number of hydrogen-bond donors (Lipinski definition) is 1. The zero-order valence-electron chi connectivity index (χ0n) is 9.70. The van der Waals surface area contributed by atoms with Crippen molar-refractivity contribution in [1.29, 1.82) is 0 Å². The third-order valence-corrected chi connectivity index (χ3v) is 2.47. The molecular weight excluding hydrogens is 212 g/mol. The second kappa shape index (κ2) is 3.26. The van der Waals surface area contributed by atoms with Crippen molar-refractivity contribution in [3.05, 3.63) is 0 Å². The first-order chi connectivity index (χ1) is 7.30. The summed E-state index contributed by atoms with van der Waals surface area (Å²) in [6.45, 7) is 6.72. The van der Waals surface area contributed by atoms with Crippen LogP contribution >= 0.6 is 0 Å². The highest BCUT2D eigenvalue weighted by Crippen LogP contribution is 2.29. The molecule has 16 heavy (non-hydrogen) atoms. The molecule has 2 fully saturated rings. The fourth-order valence-corrected chi connectivity index (χ4v) is 1.78. The van der Waals surface area contributed by atoms with Crippen LogP contribution in [0, 0.1) is 0 Å². The molecule has 1 spiro atoms. The van der Waals surface area contributed by atoms with Crippen LogP contribution in [-0.2, 0) is 9.47 Å². The number of carbonyl (C=O) groups is 2. The van der Waals surface area contributed by atoms with Crippen LogP contribution in [0.5, 0.6) is 0 Å². The van der Waals surface area contributed by atoms with Crippen molar-refractivity contribution in [3.63, 3.8) is 0 Å². The van der Waals surface area contributed by atoms with Crippen molar-refractivity contribution >= 4 is 12.2 Å². The van der Waals surface area contributed by atoms with Crippen molar-refractivity contribution in [2.75, 3.05) is 19.6 Å². The van der Waals surface area contributed by atoms with Gasteiger partial charge in [0.15, 0.2) is 5.60 Å². The molecule has 2 aliphatic heterocycles. The van der Waals surface area contributed by atoms with Gasteiger partial charge in [-0.25, -0.2) is 9.59 Å². The number of nitrogens with zero attached hydrogens (tertiary/aromatic N) is 1. The zero-order chi connectivity index (χ0) is 12.0. The van der Waals surface area contributed by atoms with Crippen molar-refractivity contribution in [1.82, 2.24) is 10.2 Å². The summed E-state index contributed by atoms with van der Waals surface area (Å²) in [4.78, 5) is 24.0. The number of nitrogens with one attached hydrogen (secondary N) is 1. The van der Waals surface area contributed by atoms with E-state index in [-0.39, 0.29) is 6.09 Å². The summed E-state index contributed by atoms with van der Waals surface area (Å²) < 4.78 is 10.3. The van der Waals surface area contributed by atoms with E-state index in [0.717, 1.165) is 0 Å². The Morgan fingerprint density at radius 2 is 2.12 bits per heavy atom. The number of amides is 2. The summed E-state index contributed by atoms with van der Waals surface area (Å²) in [6, 6.07) is 0. The van der Waals surface area contributed by atoms with Crippen LogP contribution in [0.1, 0.15) is 20.8 Å². The monoisotopic (exact) mass is 228 g/mol. The molecule has 0 atom stereocenters. The van der Waals surface area contributed by atoms with Gasteiger partial charge < -0.3 is 14.8 Å². The van der Waals surface area contributed by atoms with Gasteiger partial charge in [0.25, 0.3) is 0 Å². The van der Waals surface area contributed by atoms with E-state index in [0.29, 0.717) is 19.6 Å². The van der Waals surface area contributed by atoms with Crippen molar-refractivity contribution in [3.8, 4) is 0 Å². The molecule has 2 amide bonds. The Bertz CT molecular complexity index is 328. The van der Waals surface area contributed by atoms with E-state index >= 15 is 0 Å². The van der Waals surface area contributed by atoms with Gasteiger partial charge >= 0.3 is 12.2 Å². The highest BCUT2D eigenvalue weighted by atomic mass is 16.6. The maximum absolute atomic E-state index is 11.6.